The number of esters is 1. The molecule has 0 bridgehead atoms. The highest BCUT2D eigenvalue weighted by atomic mass is 35.5. The van der Waals surface area contributed by atoms with E-state index in [1.54, 1.807) is 13.0 Å². The van der Waals surface area contributed by atoms with E-state index >= 15 is 0 Å². The topological polar surface area (TPSA) is 58.3 Å². The second-order valence-corrected chi connectivity index (χ2v) is 8.69. The predicted octanol–water partition coefficient (Wildman–Crippen LogP) is 5.45. The summed E-state index contributed by atoms with van der Waals surface area (Å²) in [7, 11) is 2.21. The molecule has 1 unspecified atom stereocenters. The highest BCUT2D eigenvalue weighted by Crippen LogP contribution is 2.53. The predicted molar refractivity (Wildman–Crippen MR) is 110 cm³/mol. The van der Waals surface area contributed by atoms with E-state index in [-0.39, 0.29) is 17.8 Å². The zero-order valence-electron chi connectivity index (χ0n) is 18.5. The molecule has 0 amide bonds. The van der Waals surface area contributed by atoms with E-state index in [9.17, 15) is 35.5 Å². The van der Waals surface area contributed by atoms with Gasteiger partial charge >= 0.3 is 24.0 Å². The Kier molecular flexibility index (Phi) is 6.90. The number of halogens is 8. The van der Waals surface area contributed by atoms with Crippen LogP contribution in [0.3, 0.4) is 0 Å². The van der Waals surface area contributed by atoms with Gasteiger partial charge in [-0.25, -0.2) is 13.9 Å². The van der Waals surface area contributed by atoms with Crippen molar-refractivity contribution in [2.24, 2.45) is 0 Å². The summed E-state index contributed by atoms with van der Waals surface area (Å²) in [6, 6.07) is 1.24. The fourth-order valence-corrected chi connectivity index (χ4v) is 3.84. The summed E-state index contributed by atoms with van der Waals surface area (Å²) < 4.78 is 106. The first-order valence-corrected chi connectivity index (χ1v) is 10.2. The molecule has 2 aromatic rings. The monoisotopic (exact) mass is 529 g/mol. The molecule has 192 valence electrons. The van der Waals surface area contributed by atoms with Crippen molar-refractivity contribution in [3.63, 3.8) is 0 Å². The lowest BCUT2D eigenvalue weighted by atomic mass is 9.87. The lowest BCUT2D eigenvalue weighted by molar-refractivity contribution is -0.351. The molecule has 0 N–H and O–H groups in total. The molecule has 1 aliphatic rings. The minimum absolute atomic E-state index is 0.148. The fourth-order valence-electron chi connectivity index (χ4n) is 3.63. The Hall–Kier alpha value is -2.80. The minimum Gasteiger partial charge on any atom is -0.466 e. The van der Waals surface area contributed by atoms with E-state index in [1.165, 1.54) is 25.6 Å². The van der Waals surface area contributed by atoms with E-state index in [1.807, 2.05) is 0 Å². The Morgan fingerprint density at radius 3 is 2.31 bits per heavy atom. The third-order valence-electron chi connectivity index (χ3n) is 5.47. The number of rotatable bonds is 6. The van der Waals surface area contributed by atoms with Gasteiger partial charge in [-0.1, -0.05) is 6.08 Å². The normalized spacial score (nSPS) is 19.4. The Bertz CT molecular complexity index is 1160. The largest absolute Gasteiger partial charge is 0.466 e. The first-order valence-electron chi connectivity index (χ1n) is 9.84. The number of aromatic nitrogens is 3. The van der Waals surface area contributed by atoms with E-state index in [0.717, 1.165) is 17.9 Å². The van der Waals surface area contributed by atoms with E-state index in [0.29, 0.717) is 21.8 Å². The molecule has 0 aromatic carbocycles. The van der Waals surface area contributed by atoms with Crippen molar-refractivity contribution in [1.29, 1.82) is 0 Å². The quantitative estimate of drug-likeness (QED) is 0.284. The van der Waals surface area contributed by atoms with Gasteiger partial charge in [0.15, 0.2) is 0 Å². The average molecular weight is 530 g/mol. The number of hydrogen-bond acceptors (Lipinski definition) is 4. The third-order valence-corrected chi connectivity index (χ3v) is 5.83. The van der Waals surface area contributed by atoms with Crippen molar-refractivity contribution >= 4 is 23.1 Å². The van der Waals surface area contributed by atoms with Gasteiger partial charge in [-0.3, -0.25) is 0 Å². The lowest BCUT2D eigenvalue weighted by Gasteiger charge is -2.31. The Balaban J connectivity index is 2.09. The van der Waals surface area contributed by atoms with Crippen LogP contribution in [0.5, 0.6) is 0 Å². The summed E-state index contributed by atoms with van der Waals surface area (Å²) >= 11 is 6.37. The molecule has 2 heterocycles. The van der Waals surface area contributed by atoms with Crippen LogP contribution in [0.2, 0.25) is 0 Å². The van der Waals surface area contributed by atoms with Crippen molar-refractivity contribution < 1.29 is 45.0 Å². The third kappa shape index (κ3) is 4.58. The fraction of sp³-hybridized carbons (Fsp3) is 0.429. The van der Waals surface area contributed by atoms with Crippen LogP contribution in [0.4, 0.5) is 30.7 Å². The van der Waals surface area contributed by atoms with Crippen LogP contribution in [0.1, 0.15) is 24.6 Å². The van der Waals surface area contributed by atoms with E-state index in [2.05, 4.69) is 5.10 Å². The second-order valence-electron chi connectivity index (χ2n) is 7.86. The molecule has 1 aliphatic carbocycles. The van der Waals surface area contributed by atoms with Crippen LogP contribution in [0.15, 0.2) is 42.3 Å². The Morgan fingerprint density at radius 1 is 1.14 bits per heavy atom. The van der Waals surface area contributed by atoms with Gasteiger partial charge in [0.05, 0.1) is 29.4 Å². The number of ether oxygens (including phenoxy) is 2. The summed E-state index contributed by atoms with van der Waals surface area (Å²) in [5.74, 6) is -0.989. The van der Waals surface area contributed by atoms with Crippen LogP contribution in [0.25, 0.3) is 11.4 Å². The summed E-state index contributed by atoms with van der Waals surface area (Å²) in [6.07, 6.45) is -6.67. The molecule has 0 saturated heterocycles. The standard InChI is InChI=1S/C21H19ClF7N3O3/c1-18(22)7-6-12(8-14(18)17(33)35-3)13-9-30-32(10-13)16-5-4-15(31(16)11-34-2)19(23,20(24,25)26)21(27,28)29/h4-6,8-10H,7,11H2,1-3H3. The molecule has 1 atom stereocenters. The summed E-state index contributed by atoms with van der Waals surface area (Å²) in [5, 5.41) is 3.99. The molecule has 35 heavy (non-hydrogen) atoms. The molecular weight excluding hydrogens is 511 g/mol. The van der Waals surface area contributed by atoms with E-state index < -0.39 is 41.3 Å². The van der Waals surface area contributed by atoms with Crippen LogP contribution in [0, 0.1) is 0 Å². The van der Waals surface area contributed by atoms with Gasteiger partial charge in [-0.2, -0.15) is 31.4 Å². The number of carbonyl (C=O) groups excluding carboxylic acids is 1. The van der Waals surface area contributed by atoms with Crippen LogP contribution in [-0.4, -0.2) is 51.8 Å². The smallest absolute Gasteiger partial charge is 0.437 e. The molecule has 0 aliphatic heterocycles. The zero-order chi connectivity index (χ0) is 26.4. The first kappa shape index (κ1) is 26.8. The summed E-state index contributed by atoms with van der Waals surface area (Å²) in [4.78, 5) is 11.1. The molecule has 14 heteroatoms. The van der Waals surface area contributed by atoms with Gasteiger partial charge < -0.3 is 14.0 Å². The number of hydrogen-bond donors (Lipinski definition) is 0. The maximum Gasteiger partial charge on any atom is 0.437 e. The lowest BCUT2D eigenvalue weighted by Crippen LogP contribution is -2.51. The Labute approximate surface area is 199 Å². The van der Waals surface area contributed by atoms with Gasteiger partial charge in [0.1, 0.15) is 12.5 Å². The van der Waals surface area contributed by atoms with Crippen LogP contribution < -0.4 is 0 Å². The van der Waals surface area contributed by atoms with Gasteiger partial charge in [0.25, 0.3) is 0 Å². The number of carbonyl (C=O) groups is 1. The summed E-state index contributed by atoms with van der Waals surface area (Å²) in [6.45, 7) is 0.780. The van der Waals surface area contributed by atoms with E-state index in [4.69, 9.17) is 21.1 Å². The SMILES string of the molecule is COCn1c(-n2cc(C3=CCC(C)(Cl)C(C(=O)OC)=C3)cn2)ccc1C(F)(C(F)(F)F)C(F)(F)F. The van der Waals surface area contributed by atoms with Gasteiger partial charge in [0, 0.05) is 18.9 Å². The molecule has 0 radical (unpaired) electrons. The van der Waals surface area contributed by atoms with Crippen LogP contribution >= 0.6 is 11.6 Å². The maximum atomic E-state index is 14.7. The van der Waals surface area contributed by atoms with Crippen molar-refractivity contribution in [1.82, 2.24) is 14.3 Å². The highest BCUT2D eigenvalue weighted by Gasteiger charge is 2.75. The average Bonchev–Trinajstić information content (AvgIpc) is 3.38. The van der Waals surface area contributed by atoms with Gasteiger partial charge in [0.2, 0.25) is 0 Å². The minimum atomic E-state index is -6.29. The molecule has 0 fully saturated rings. The first-order chi connectivity index (χ1) is 16.1. The Morgan fingerprint density at radius 2 is 1.77 bits per heavy atom. The summed E-state index contributed by atoms with van der Waals surface area (Å²) in [5.41, 5.74) is -6.39. The van der Waals surface area contributed by atoms with Crippen molar-refractivity contribution in [3.8, 4) is 5.82 Å². The van der Waals surface area contributed by atoms with Gasteiger partial charge in [-0.15, -0.1) is 11.6 Å². The molecule has 0 spiro atoms. The van der Waals surface area contributed by atoms with Crippen molar-refractivity contribution in [2.45, 2.75) is 43.0 Å². The van der Waals surface area contributed by atoms with Gasteiger partial charge in [-0.05, 0) is 37.1 Å². The van der Waals surface area contributed by atoms with Crippen LogP contribution in [-0.2, 0) is 26.7 Å². The van der Waals surface area contributed by atoms with Crippen molar-refractivity contribution in [3.05, 3.63) is 53.5 Å². The highest BCUT2D eigenvalue weighted by molar-refractivity contribution is 6.29. The molecular formula is C21H19ClF7N3O3. The zero-order valence-corrected chi connectivity index (χ0v) is 19.2. The number of methoxy groups -OCH3 is 2. The van der Waals surface area contributed by atoms with Crippen molar-refractivity contribution in [2.75, 3.05) is 14.2 Å². The molecule has 6 nitrogen and oxygen atoms in total. The number of allylic oxidation sites excluding steroid dienone is 3. The molecule has 2 aromatic heterocycles. The molecule has 0 saturated carbocycles. The number of alkyl halides is 8. The number of nitrogens with zero attached hydrogens (tertiary/aromatic N) is 3. The second kappa shape index (κ2) is 9.01. The maximum absolute atomic E-state index is 14.7. The molecule has 3 rings (SSSR count).